The highest BCUT2D eigenvalue weighted by molar-refractivity contribution is 5.79. The Morgan fingerprint density at radius 2 is 1.89 bits per heavy atom. The summed E-state index contributed by atoms with van der Waals surface area (Å²) < 4.78 is 35.8. The van der Waals surface area contributed by atoms with E-state index in [0.717, 1.165) is 32.1 Å². The average Bonchev–Trinajstić information content (AvgIpc) is 2.48. The van der Waals surface area contributed by atoms with Crippen LogP contribution in [0.4, 0.5) is 13.2 Å². The standard InChI is InChI=1S/C12H21F3N2O/c13-12(14,15)7-4-8-17-11(18)9-5-2-1-3-6-10(9)16/h9-10H,1-8,16H2,(H,17,18). The summed E-state index contributed by atoms with van der Waals surface area (Å²) in [6, 6.07) is -0.157. The van der Waals surface area contributed by atoms with Crippen LogP contribution in [0.3, 0.4) is 0 Å². The Morgan fingerprint density at radius 3 is 2.56 bits per heavy atom. The first kappa shape index (κ1) is 15.3. The molecule has 1 aliphatic carbocycles. The van der Waals surface area contributed by atoms with Gasteiger partial charge in [-0.3, -0.25) is 4.79 Å². The zero-order valence-electron chi connectivity index (χ0n) is 10.4. The fourth-order valence-corrected chi connectivity index (χ4v) is 2.29. The van der Waals surface area contributed by atoms with Crippen molar-refractivity contribution < 1.29 is 18.0 Å². The van der Waals surface area contributed by atoms with Crippen molar-refractivity contribution in [2.45, 2.75) is 57.2 Å². The van der Waals surface area contributed by atoms with Crippen LogP contribution in [0.25, 0.3) is 0 Å². The Bertz CT molecular complexity index is 269. The van der Waals surface area contributed by atoms with Crippen molar-refractivity contribution in [3.63, 3.8) is 0 Å². The van der Waals surface area contributed by atoms with Crippen LogP contribution in [0, 0.1) is 5.92 Å². The number of carbonyl (C=O) groups excluding carboxylic acids is 1. The van der Waals surface area contributed by atoms with Crippen LogP contribution in [-0.2, 0) is 4.79 Å². The maximum absolute atomic E-state index is 11.9. The molecule has 0 heterocycles. The van der Waals surface area contributed by atoms with Gasteiger partial charge in [0.15, 0.2) is 0 Å². The maximum atomic E-state index is 11.9. The van der Waals surface area contributed by atoms with Gasteiger partial charge in [0.1, 0.15) is 0 Å². The highest BCUT2D eigenvalue weighted by atomic mass is 19.4. The molecule has 6 heteroatoms. The van der Waals surface area contributed by atoms with Gasteiger partial charge in [-0.1, -0.05) is 19.3 Å². The molecular weight excluding hydrogens is 245 g/mol. The monoisotopic (exact) mass is 266 g/mol. The zero-order chi connectivity index (χ0) is 13.6. The molecule has 2 atom stereocenters. The summed E-state index contributed by atoms with van der Waals surface area (Å²) in [4.78, 5) is 11.8. The number of hydrogen-bond acceptors (Lipinski definition) is 2. The summed E-state index contributed by atoms with van der Waals surface area (Å²) in [5.74, 6) is -0.426. The molecule has 0 aromatic carbocycles. The van der Waals surface area contributed by atoms with Crippen molar-refractivity contribution in [2.24, 2.45) is 11.7 Å². The highest BCUT2D eigenvalue weighted by Crippen LogP contribution is 2.23. The largest absolute Gasteiger partial charge is 0.389 e. The third-order valence-electron chi connectivity index (χ3n) is 3.34. The van der Waals surface area contributed by atoms with E-state index in [0.29, 0.717) is 0 Å². The van der Waals surface area contributed by atoms with Crippen molar-refractivity contribution in [2.75, 3.05) is 6.54 Å². The molecule has 2 unspecified atom stereocenters. The third-order valence-corrected chi connectivity index (χ3v) is 3.34. The van der Waals surface area contributed by atoms with Gasteiger partial charge < -0.3 is 11.1 Å². The number of rotatable bonds is 4. The second-order valence-electron chi connectivity index (χ2n) is 4.92. The molecule has 1 aliphatic rings. The van der Waals surface area contributed by atoms with E-state index in [-0.39, 0.29) is 30.8 Å². The second kappa shape index (κ2) is 6.97. The minimum Gasteiger partial charge on any atom is -0.356 e. The predicted molar refractivity (Wildman–Crippen MR) is 62.8 cm³/mol. The number of carbonyl (C=O) groups is 1. The first-order valence-electron chi connectivity index (χ1n) is 6.50. The molecular formula is C12H21F3N2O. The van der Waals surface area contributed by atoms with Gasteiger partial charge in [0.25, 0.3) is 0 Å². The van der Waals surface area contributed by atoms with Crippen LogP contribution >= 0.6 is 0 Å². The molecule has 18 heavy (non-hydrogen) atoms. The molecule has 1 rings (SSSR count). The van der Waals surface area contributed by atoms with Crippen molar-refractivity contribution in [3.05, 3.63) is 0 Å². The molecule has 0 aliphatic heterocycles. The lowest BCUT2D eigenvalue weighted by atomic mass is 9.94. The molecule has 1 amide bonds. The topological polar surface area (TPSA) is 55.1 Å². The molecule has 0 radical (unpaired) electrons. The van der Waals surface area contributed by atoms with Gasteiger partial charge in [0, 0.05) is 19.0 Å². The van der Waals surface area contributed by atoms with Crippen LogP contribution in [0.1, 0.15) is 44.9 Å². The minimum absolute atomic E-state index is 0.0710. The van der Waals surface area contributed by atoms with Gasteiger partial charge in [-0.05, 0) is 19.3 Å². The van der Waals surface area contributed by atoms with E-state index in [1.807, 2.05) is 0 Å². The van der Waals surface area contributed by atoms with Crippen LogP contribution in [-0.4, -0.2) is 24.7 Å². The fraction of sp³-hybridized carbons (Fsp3) is 0.917. The molecule has 0 aromatic rings. The van der Waals surface area contributed by atoms with Gasteiger partial charge in [-0.2, -0.15) is 13.2 Å². The van der Waals surface area contributed by atoms with Crippen molar-refractivity contribution in [1.29, 1.82) is 0 Å². The predicted octanol–water partition coefficient (Wildman–Crippen LogP) is 2.35. The molecule has 0 bridgehead atoms. The number of nitrogens with two attached hydrogens (primary N) is 1. The van der Waals surface area contributed by atoms with E-state index in [2.05, 4.69) is 5.32 Å². The van der Waals surface area contributed by atoms with Crippen LogP contribution in [0.15, 0.2) is 0 Å². The molecule has 1 saturated carbocycles. The highest BCUT2D eigenvalue weighted by Gasteiger charge is 2.28. The maximum Gasteiger partial charge on any atom is 0.389 e. The Morgan fingerprint density at radius 1 is 1.22 bits per heavy atom. The number of hydrogen-bond donors (Lipinski definition) is 2. The normalized spacial score (nSPS) is 25.6. The molecule has 3 N–H and O–H groups in total. The van der Waals surface area contributed by atoms with E-state index >= 15 is 0 Å². The van der Waals surface area contributed by atoms with Gasteiger partial charge in [0.05, 0.1) is 5.92 Å². The molecule has 0 saturated heterocycles. The summed E-state index contributed by atoms with van der Waals surface area (Å²) in [6.07, 6.45) is -0.448. The zero-order valence-corrected chi connectivity index (χ0v) is 10.4. The Hall–Kier alpha value is -0.780. The lowest BCUT2D eigenvalue weighted by Gasteiger charge is -2.20. The van der Waals surface area contributed by atoms with E-state index in [4.69, 9.17) is 5.73 Å². The average molecular weight is 266 g/mol. The first-order valence-corrected chi connectivity index (χ1v) is 6.50. The van der Waals surface area contributed by atoms with Gasteiger partial charge >= 0.3 is 6.18 Å². The summed E-state index contributed by atoms with van der Waals surface area (Å²) >= 11 is 0. The summed E-state index contributed by atoms with van der Waals surface area (Å²) in [5.41, 5.74) is 5.91. The van der Waals surface area contributed by atoms with Crippen LogP contribution in [0.2, 0.25) is 0 Å². The summed E-state index contributed by atoms with van der Waals surface area (Å²) in [7, 11) is 0. The SMILES string of the molecule is NC1CCCCCC1C(=O)NCCCC(F)(F)F. The number of alkyl halides is 3. The second-order valence-corrected chi connectivity index (χ2v) is 4.92. The van der Waals surface area contributed by atoms with Crippen molar-refractivity contribution in [3.8, 4) is 0 Å². The van der Waals surface area contributed by atoms with Gasteiger partial charge in [-0.15, -0.1) is 0 Å². The number of amides is 1. The first-order chi connectivity index (χ1) is 8.40. The molecule has 0 aromatic heterocycles. The van der Waals surface area contributed by atoms with Crippen molar-refractivity contribution in [1.82, 2.24) is 5.32 Å². The van der Waals surface area contributed by atoms with E-state index in [1.54, 1.807) is 0 Å². The van der Waals surface area contributed by atoms with Gasteiger partial charge in [0.2, 0.25) is 5.91 Å². The molecule has 1 fully saturated rings. The molecule has 0 spiro atoms. The minimum atomic E-state index is -4.15. The lowest BCUT2D eigenvalue weighted by Crippen LogP contribution is -2.41. The Balaban J connectivity index is 2.26. The Labute approximate surface area is 105 Å². The summed E-state index contributed by atoms with van der Waals surface area (Å²) in [5, 5.41) is 2.56. The van der Waals surface area contributed by atoms with Crippen LogP contribution < -0.4 is 11.1 Å². The quantitative estimate of drug-likeness (QED) is 0.606. The van der Waals surface area contributed by atoms with E-state index in [9.17, 15) is 18.0 Å². The molecule has 106 valence electrons. The van der Waals surface area contributed by atoms with E-state index in [1.165, 1.54) is 0 Å². The fourth-order valence-electron chi connectivity index (χ4n) is 2.29. The van der Waals surface area contributed by atoms with Crippen molar-refractivity contribution >= 4 is 5.91 Å². The number of nitrogens with one attached hydrogen (secondary N) is 1. The Kier molecular flexibility index (Phi) is 5.91. The summed E-state index contributed by atoms with van der Waals surface area (Å²) in [6.45, 7) is 0.0710. The molecule has 3 nitrogen and oxygen atoms in total. The number of halogens is 3. The lowest BCUT2D eigenvalue weighted by molar-refractivity contribution is -0.136. The van der Waals surface area contributed by atoms with Crippen LogP contribution in [0.5, 0.6) is 0 Å². The van der Waals surface area contributed by atoms with E-state index < -0.39 is 12.6 Å². The van der Waals surface area contributed by atoms with Gasteiger partial charge in [-0.25, -0.2) is 0 Å². The smallest absolute Gasteiger partial charge is 0.356 e. The third kappa shape index (κ3) is 5.71.